The zero-order valence-corrected chi connectivity index (χ0v) is 9.59. The van der Waals surface area contributed by atoms with Gasteiger partial charge in [0.15, 0.2) is 0 Å². The van der Waals surface area contributed by atoms with Gasteiger partial charge in [0.2, 0.25) is 0 Å². The van der Waals surface area contributed by atoms with Gasteiger partial charge in [-0.3, -0.25) is 4.79 Å². The molecule has 1 rings (SSSR count). The normalized spacial score (nSPS) is 27.4. The molecule has 2 N–H and O–H groups in total. The molecule has 0 aromatic rings. The van der Waals surface area contributed by atoms with Crippen LogP contribution in [0.5, 0.6) is 0 Å². The van der Waals surface area contributed by atoms with Crippen LogP contribution >= 0.6 is 0 Å². The number of aliphatic hydroxyl groups is 2. The van der Waals surface area contributed by atoms with E-state index < -0.39 is 6.10 Å². The lowest BCUT2D eigenvalue weighted by Gasteiger charge is -2.27. The molecule has 16 heavy (non-hydrogen) atoms. The molecule has 1 aliphatic carbocycles. The maximum absolute atomic E-state index is 11.2. The second kappa shape index (κ2) is 6.83. The summed E-state index contributed by atoms with van der Waals surface area (Å²) in [4.78, 5) is 11.2. The zero-order chi connectivity index (χ0) is 12.0. The number of methoxy groups -OCH3 is 1. The maximum Gasteiger partial charge on any atom is 0.308 e. The van der Waals surface area contributed by atoms with Gasteiger partial charge < -0.3 is 19.7 Å². The predicted molar refractivity (Wildman–Crippen MR) is 56.8 cm³/mol. The Morgan fingerprint density at radius 1 is 1.38 bits per heavy atom. The molecule has 1 unspecified atom stereocenters. The minimum Gasteiger partial charge on any atom is -0.469 e. The molecule has 1 aliphatic rings. The summed E-state index contributed by atoms with van der Waals surface area (Å²) in [6.45, 7) is -0.123. The third-order valence-electron chi connectivity index (χ3n) is 2.94. The van der Waals surface area contributed by atoms with Gasteiger partial charge in [0.1, 0.15) is 6.10 Å². The maximum atomic E-state index is 11.2. The molecule has 0 radical (unpaired) electrons. The van der Waals surface area contributed by atoms with Crippen molar-refractivity contribution in [2.45, 2.75) is 37.9 Å². The number of rotatable bonds is 5. The molecule has 1 saturated carbocycles. The van der Waals surface area contributed by atoms with E-state index in [1.165, 1.54) is 7.11 Å². The first-order valence-corrected chi connectivity index (χ1v) is 5.65. The average Bonchev–Trinajstić information content (AvgIpc) is 2.35. The van der Waals surface area contributed by atoms with Crippen molar-refractivity contribution in [1.82, 2.24) is 0 Å². The van der Waals surface area contributed by atoms with E-state index in [9.17, 15) is 4.79 Å². The molecule has 0 spiro atoms. The summed E-state index contributed by atoms with van der Waals surface area (Å²) in [7, 11) is 1.41. The molecule has 0 aliphatic heterocycles. The van der Waals surface area contributed by atoms with Crippen LogP contribution in [-0.2, 0) is 14.3 Å². The first-order chi connectivity index (χ1) is 7.67. The van der Waals surface area contributed by atoms with Gasteiger partial charge in [0.05, 0.1) is 32.3 Å². The van der Waals surface area contributed by atoms with Gasteiger partial charge in [-0.2, -0.15) is 0 Å². The van der Waals surface area contributed by atoms with Gasteiger partial charge in [0, 0.05) is 0 Å². The quantitative estimate of drug-likeness (QED) is 0.657. The predicted octanol–water partition coefficient (Wildman–Crippen LogP) is 0.0880. The van der Waals surface area contributed by atoms with Crippen molar-refractivity contribution in [1.29, 1.82) is 0 Å². The van der Waals surface area contributed by atoms with Gasteiger partial charge >= 0.3 is 5.97 Å². The molecular weight excluding hydrogens is 212 g/mol. The third kappa shape index (κ3) is 4.08. The Balaban J connectivity index is 2.19. The molecule has 1 atom stereocenters. The zero-order valence-electron chi connectivity index (χ0n) is 9.59. The van der Waals surface area contributed by atoms with E-state index in [4.69, 9.17) is 14.9 Å². The highest BCUT2D eigenvalue weighted by atomic mass is 16.5. The van der Waals surface area contributed by atoms with Crippen LogP contribution in [0.15, 0.2) is 0 Å². The van der Waals surface area contributed by atoms with Crippen LogP contribution in [0.3, 0.4) is 0 Å². The monoisotopic (exact) mass is 232 g/mol. The van der Waals surface area contributed by atoms with E-state index in [2.05, 4.69) is 4.74 Å². The van der Waals surface area contributed by atoms with E-state index in [0.717, 1.165) is 25.7 Å². The van der Waals surface area contributed by atoms with Gasteiger partial charge in [-0.15, -0.1) is 0 Å². The molecule has 0 aromatic carbocycles. The SMILES string of the molecule is COC(=O)C1CCC(OCC(O)CO)CC1. The second-order valence-electron chi connectivity index (χ2n) is 4.17. The van der Waals surface area contributed by atoms with E-state index in [0.29, 0.717) is 0 Å². The Hall–Kier alpha value is -0.650. The van der Waals surface area contributed by atoms with E-state index in [1.807, 2.05) is 0 Å². The minimum atomic E-state index is -0.807. The van der Waals surface area contributed by atoms with Crippen molar-refractivity contribution in [3.63, 3.8) is 0 Å². The number of carbonyl (C=O) groups excluding carboxylic acids is 1. The van der Waals surface area contributed by atoms with Gasteiger partial charge in [0.25, 0.3) is 0 Å². The van der Waals surface area contributed by atoms with Crippen molar-refractivity contribution >= 4 is 5.97 Å². The molecule has 5 nitrogen and oxygen atoms in total. The smallest absolute Gasteiger partial charge is 0.308 e. The molecule has 94 valence electrons. The number of hydrogen-bond donors (Lipinski definition) is 2. The Morgan fingerprint density at radius 3 is 2.50 bits per heavy atom. The van der Waals surface area contributed by atoms with E-state index >= 15 is 0 Å². The van der Waals surface area contributed by atoms with Crippen molar-refractivity contribution in [3.05, 3.63) is 0 Å². The highest BCUT2D eigenvalue weighted by molar-refractivity contribution is 5.72. The topological polar surface area (TPSA) is 76.0 Å². The number of esters is 1. The average molecular weight is 232 g/mol. The first-order valence-electron chi connectivity index (χ1n) is 5.65. The minimum absolute atomic E-state index is 0.00684. The highest BCUT2D eigenvalue weighted by Crippen LogP contribution is 2.27. The number of carbonyl (C=O) groups is 1. The Bertz CT molecular complexity index is 210. The largest absolute Gasteiger partial charge is 0.469 e. The lowest BCUT2D eigenvalue weighted by atomic mass is 9.87. The summed E-state index contributed by atoms with van der Waals surface area (Å²) in [6.07, 6.45) is 2.43. The second-order valence-corrected chi connectivity index (χ2v) is 4.17. The molecule has 0 saturated heterocycles. The van der Waals surface area contributed by atoms with Crippen LogP contribution in [0.2, 0.25) is 0 Å². The first kappa shape index (κ1) is 13.4. The number of hydrogen-bond acceptors (Lipinski definition) is 5. The summed E-state index contributed by atoms with van der Waals surface area (Å²) in [5.41, 5.74) is 0. The van der Waals surface area contributed by atoms with Crippen LogP contribution in [-0.4, -0.2) is 48.7 Å². The summed E-state index contributed by atoms with van der Waals surface area (Å²) in [6, 6.07) is 0. The van der Waals surface area contributed by atoms with Gasteiger partial charge in [-0.25, -0.2) is 0 Å². The van der Waals surface area contributed by atoms with E-state index in [1.54, 1.807) is 0 Å². The van der Waals surface area contributed by atoms with Crippen LogP contribution in [0.4, 0.5) is 0 Å². The van der Waals surface area contributed by atoms with Gasteiger partial charge in [-0.05, 0) is 25.7 Å². The Morgan fingerprint density at radius 2 is 2.00 bits per heavy atom. The molecular formula is C11H20O5. The molecule has 0 heterocycles. The van der Waals surface area contributed by atoms with Crippen molar-refractivity contribution in [2.24, 2.45) is 5.92 Å². The fourth-order valence-corrected chi connectivity index (χ4v) is 1.93. The standard InChI is InChI=1S/C11H20O5/c1-15-11(14)8-2-4-10(5-3-8)16-7-9(13)6-12/h8-10,12-13H,2-7H2,1H3. The number of aliphatic hydroxyl groups excluding tert-OH is 2. The molecule has 0 aromatic heterocycles. The Labute approximate surface area is 95.4 Å². The Kier molecular flexibility index (Phi) is 5.73. The molecule has 0 amide bonds. The fraction of sp³-hybridized carbons (Fsp3) is 0.909. The molecule has 1 fully saturated rings. The van der Waals surface area contributed by atoms with E-state index in [-0.39, 0.29) is 31.2 Å². The van der Waals surface area contributed by atoms with Crippen molar-refractivity contribution < 1.29 is 24.5 Å². The summed E-state index contributed by atoms with van der Waals surface area (Å²) >= 11 is 0. The summed E-state index contributed by atoms with van der Waals surface area (Å²) < 4.78 is 10.1. The highest BCUT2D eigenvalue weighted by Gasteiger charge is 2.27. The van der Waals surface area contributed by atoms with Crippen molar-refractivity contribution in [3.8, 4) is 0 Å². The van der Waals surface area contributed by atoms with Crippen LogP contribution in [0, 0.1) is 5.92 Å². The molecule has 5 heteroatoms. The van der Waals surface area contributed by atoms with Crippen molar-refractivity contribution in [2.75, 3.05) is 20.3 Å². The fourth-order valence-electron chi connectivity index (χ4n) is 1.93. The molecule has 0 bridgehead atoms. The lowest BCUT2D eigenvalue weighted by molar-refractivity contribution is -0.147. The lowest BCUT2D eigenvalue weighted by Crippen LogP contribution is -2.30. The van der Waals surface area contributed by atoms with Crippen LogP contribution in [0.25, 0.3) is 0 Å². The van der Waals surface area contributed by atoms with Crippen LogP contribution in [0.1, 0.15) is 25.7 Å². The summed E-state index contributed by atoms with van der Waals surface area (Å²) in [5, 5.41) is 17.7. The summed E-state index contributed by atoms with van der Waals surface area (Å²) in [5.74, 6) is -0.151. The third-order valence-corrected chi connectivity index (χ3v) is 2.94. The number of ether oxygens (including phenoxy) is 2. The van der Waals surface area contributed by atoms with Gasteiger partial charge in [-0.1, -0.05) is 0 Å². The van der Waals surface area contributed by atoms with Crippen LogP contribution < -0.4 is 0 Å².